The van der Waals surface area contributed by atoms with Gasteiger partial charge in [0.05, 0.1) is 0 Å². The molecule has 0 radical (unpaired) electrons. The number of hydrogen-bond donors (Lipinski definition) is 0. The lowest BCUT2D eigenvalue weighted by molar-refractivity contribution is 0.186. The van der Waals surface area contributed by atoms with Gasteiger partial charge in [0.2, 0.25) is 0 Å². The summed E-state index contributed by atoms with van der Waals surface area (Å²) in [5.41, 5.74) is 1.54. The van der Waals surface area contributed by atoms with Gasteiger partial charge in [-0.05, 0) is 43.4 Å². The van der Waals surface area contributed by atoms with Crippen molar-refractivity contribution in [1.29, 1.82) is 0 Å². The van der Waals surface area contributed by atoms with Gasteiger partial charge in [0, 0.05) is 29.1 Å². The Labute approximate surface area is 119 Å². The molecule has 0 aliphatic carbocycles. The maximum absolute atomic E-state index is 6.00. The second-order valence-corrected chi connectivity index (χ2v) is 7.12. The Balaban J connectivity index is 1.56. The molecule has 2 aliphatic heterocycles. The van der Waals surface area contributed by atoms with E-state index >= 15 is 0 Å². The van der Waals surface area contributed by atoms with Crippen LogP contribution in [-0.2, 0) is 6.42 Å². The molecule has 1 aromatic rings. The van der Waals surface area contributed by atoms with Crippen LogP contribution in [0, 0.1) is 5.92 Å². The number of halogens is 1. The van der Waals surface area contributed by atoms with Crippen molar-refractivity contribution in [3.05, 3.63) is 29.8 Å². The largest absolute Gasteiger partial charge is 0.302 e. The molecule has 2 aliphatic rings. The zero-order valence-electron chi connectivity index (χ0n) is 10.6. The second-order valence-electron chi connectivity index (χ2n) is 5.47. The number of hydrogen-bond acceptors (Lipinski definition) is 2. The summed E-state index contributed by atoms with van der Waals surface area (Å²) in [4.78, 5) is 4.12. The Morgan fingerprint density at radius 1 is 1.33 bits per heavy atom. The van der Waals surface area contributed by atoms with Gasteiger partial charge in [-0.2, -0.15) is 0 Å². The highest BCUT2D eigenvalue weighted by Crippen LogP contribution is 2.37. The van der Waals surface area contributed by atoms with Crippen molar-refractivity contribution in [1.82, 2.24) is 4.90 Å². The molecule has 18 heavy (non-hydrogen) atoms. The van der Waals surface area contributed by atoms with Crippen molar-refractivity contribution in [2.24, 2.45) is 5.92 Å². The number of thioether (sulfide) groups is 1. The molecule has 0 N–H and O–H groups in total. The first kappa shape index (κ1) is 12.8. The summed E-state index contributed by atoms with van der Waals surface area (Å²) in [6, 6.07) is 8.85. The molecule has 1 nitrogen and oxygen atoms in total. The Morgan fingerprint density at radius 3 is 3.06 bits per heavy atom. The molecule has 2 atom stereocenters. The quantitative estimate of drug-likeness (QED) is 0.778. The third kappa shape index (κ3) is 2.87. The maximum Gasteiger partial charge on any atom is 0.0263 e. The summed E-state index contributed by atoms with van der Waals surface area (Å²) in [5.74, 6) is 1.54. The average Bonchev–Trinajstić information content (AvgIpc) is 2.81. The smallest absolute Gasteiger partial charge is 0.0263 e. The van der Waals surface area contributed by atoms with Crippen LogP contribution < -0.4 is 0 Å². The normalized spacial score (nSPS) is 28.3. The van der Waals surface area contributed by atoms with E-state index in [1.54, 1.807) is 5.56 Å². The Morgan fingerprint density at radius 2 is 2.22 bits per heavy atom. The van der Waals surface area contributed by atoms with Gasteiger partial charge in [-0.3, -0.25) is 0 Å². The first-order valence-corrected chi connectivity index (χ1v) is 8.29. The van der Waals surface area contributed by atoms with Crippen LogP contribution in [0.15, 0.2) is 29.2 Å². The molecule has 0 saturated carbocycles. The van der Waals surface area contributed by atoms with Gasteiger partial charge in [0.15, 0.2) is 0 Å². The van der Waals surface area contributed by atoms with Crippen LogP contribution in [0.5, 0.6) is 0 Å². The molecular weight excluding hydrogens is 262 g/mol. The van der Waals surface area contributed by atoms with Gasteiger partial charge in [-0.25, -0.2) is 0 Å². The fourth-order valence-electron chi connectivity index (χ4n) is 3.09. The fourth-order valence-corrected chi connectivity index (χ4v) is 4.71. The average molecular weight is 282 g/mol. The highest BCUT2D eigenvalue weighted by molar-refractivity contribution is 8.00. The van der Waals surface area contributed by atoms with E-state index in [-0.39, 0.29) is 0 Å². The molecule has 1 fully saturated rings. The predicted molar refractivity (Wildman–Crippen MR) is 79.7 cm³/mol. The molecule has 0 amide bonds. The third-order valence-corrected chi connectivity index (χ3v) is 5.73. The molecule has 0 bridgehead atoms. The van der Waals surface area contributed by atoms with E-state index in [4.69, 9.17) is 11.6 Å². The molecule has 3 heteroatoms. The van der Waals surface area contributed by atoms with Crippen LogP contribution >= 0.6 is 23.4 Å². The zero-order chi connectivity index (χ0) is 12.4. The van der Waals surface area contributed by atoms with Crippen LogP contribution in [0.1, 0.15) is 18.4 Å². The standard InChI is InChI=1S/C15H20ClNS/c16-9-12-4-3-7-17(10-12)11-14-8-13-5-1-2-6-15(13)18-14/h1-2,5-6,12,14H,3-4,7-11H2. The molecule has 0 aromatic heterocycles. The van der Waals surface area contributed by atoms with Gasteiger partial charge < -0.3 is 4.90 Å². The van der Waals surface area contributed by atoms with E-state index in [2.05, 4.69) is 40.9 Å². The minimum Gasteiger partial charge on any atom is -0.302 e. The lowest BCUT2D eigenvalue weighted by Crippen LogP contribution is -2.39. The number of nitrogens with zero attached hydrogens (tertiary/aromatic N) is 1. The van der Waals surface area contributed by atoms with E-state index in [1.807, 2.05) is 0 Å². The van der Waals surface area contributed by atoms with Crippen LogP contribution in [0.2, 0.25) is 0 Å². The van der Waals surface area contributed by atoms with Crippen molar-refractivity contribution in [3.8, 4) is 0 Å². The number of alkyl halides is 1. The number of piperidine rings is 1. The van der Waals surface area contributed by atoms with Gasteiger partial charge in [-0.1, -0.05) is 18.2 Å². The van der Waals surface area contributed by atoms with E-state index in [1.165, 1.54) is 43.8 Å². The number of fused-ring (bicyclic) bond motifs is 1. The van der Waals surface area contributed by atoms with Crippen molar-refractivity contribution in [2.75, 3.05) is 25.5 Å². The van der Waals surface area contributed by atoms with Crippen molar-refractivity contribution < 1.29 is 0 Å². The summed E-state index contributed by atoms with van der Waals surface area (Å²) >= 11 is 8.07. The Bertz CT molecular complexity index is 384. The summed E-state index contributed by atoms with van der Waals surface area (Å²) in [7, 11) is 0. The first-order chi connectivity index (χ1) is 8.85. The van der Waals surface area contributed by atoms with Crippen LogP contribution in [0.25, 0.3) is 0 Å². The zero-order valence-corrected chi connectivity index (χ0v) is 12.2. The molecule has 2 unspecified atom stereocenters. The summed E-state index contributed by atoms with van der Waals surface area (Å²) < 4.78 is 0. The summed E-state index contributed by atoms with van der Waals surface area (Å²) in [6.45, 7) is 3.70. The molecular formula is C15H20ClNS. The summed E-state index contributed by atoms with van der Waals surface area (Å²) in [5, 5.41) is 0.747. The predicted octanol–water partition coefficient (Wildman–Crippen LogP) is 3.65. The van der Waals surface area contributed by atoms with Gasteiger partial charge in [-0.15, -0.1) is 23.4 Å². The third-order valence-electron chi connectivity index (χ3n) is 4.00. The van der Waals surface area contributed by atoms with E-state index in [0.29, 0.717) is 5.92 Å². The minimum atomic E-state index is 0.717. The molecule has 98 valence electrons. The van der Waals surface area contributed by atoms with E-state index in [9.17, 15) is 0 Å². The van der Waals surface area contributed by atoms with E-state index in [0.717, 1.165) is 11.1 Å². The minimum absolute atomic E-state index is 0.717. The molecule has 0 spiro atoms. The lowest BCUT2D eigenvalue weighted by Gasteiger charge is -2.33. The Kier molecular flexibility index (Phi) is 4.17. The van der Waals surface area contributed by atoms with Gasteiger partial charge in [0.25, 0.3) is 0 Å². The first-order valence-electron chi connectivity index (χ1n) is 6.88. The summed E-state index contributed by atoms with van der Waals surface area (Å²) in [6.07, 6.45) is 3.88. The topological polar surface area (TPSA) is 3.24 Å². The van der Waals surface area contributed by atoms with Crippen LogP contribution in [0.3, 0.4) is 0 Å². The van der Waals surface area contributed by atoms with Crippen LogP contribution in [-0.4, -0.2) is 35.7 Å². The number of likely N-dealkylation sites (tertiary alicyclic amines) is 1. The maximum atomic E-state index is 6.00. The molecule has 2 heterocycles. The van der Waals surface area contributed by atoms with Crippen molar-refractivity contribution in [3.63, 3.8) is 0 Å². The van der Waals surface area contributed by atoms with E-state index < -0.39 is 0 Å². The van der Waals surface area contributed by atoms with Crippen molar-refractivity contribution >= 4 is 23.4 Å². The second kappa shape index (κ2) is 5.85. The van der Waals surface area contributed by atoms with Crippen LogP contribution in [0.4, 0.5) is 0 Å². The number of benzene rings is 1. The number of rotatable bonds is 3. The lowest BCUT2D eigenvalue weighted by atomic mass is 9.99. The Hall–Kier alpha value is -0.180. The fraction of sp³-hybridized carbons (Fsp3) is 0.600. The highest BCUT2D eigenvalue weighted by atomic mass is 35.5. The highest BCUT2D eigenvalue weighted by Gasteiger charge is 2.26. The molecule has 3 rings (SSSR count). The van der Waals surface area contributed by atoms with Crippen molar-refractivity contribution in [2.45, 2.75) is 29.4 Å². The molecule has 1 saturated heterocycles. The molecule has 1 aromatic carbocycles. The SMILES string of the molecule is ClCC1CCCN(CC2Cc3ccccc3S2)C1. The monoisotopic (exact) mass is 281 g/mol. The van der Waals surface area contributed by atoms with Gasteiger partial charge in [0.1, 0.15) is 0 Å². The van der Waals surface area contributed by atoms with Gasteiger partial charge >= 0.3 is 0 Å².